The number of fused-ring (bicyclic) bond motifs is 2. The number of nitrogens with zero attached hydrogens (tertiary/aromatic N) is 2. The molecule has 1 aliphatic heterocycles. The molecule has 9 nitrogen and oxygen atoms in total. The van der Waals surface area contributed by atoms with Gasteiger partial charge in [0.15, 0.2) is 0 Å². The van der Waals surface area contributed by atoms with Crippen LogP contribution in [0.1, 0.15) is 25.6 Å². The summed E-state index contributed by atoms with van der Waals surface area (Å²) in [7, 11) is -2.39. The van der Waals surface area contributed by atoms with Gasteiger partial charge in [-0.3, -0.25) is 9.59 Å². The number of nitrogens with one attached hydrogen (secondary N) is 2. The van der Waals surface area contributed by atoms with Gasteiger partial charge in [0.25, 0.3) is 11.8 Å². The van der Waals surface area contributed by atoms with Crippen molar-refractivity contribution in [1.29, 1.82) is 0 Å². The molecule has 1 aliphatic rings. The number of ether oxygens (including phenoxy) is 1. The molecule has 0 atom stereocenters. The highest BCUT2D eigenvalue weighted by Crippen LogP contribution is 2.34. The number of thiazole rings is 1. The molecular formula is C24H18N4O5S2. The predicted molar refractivity (Wildman–Crippen MR) is 129 cm³/mol. The van der Waals surface area contributed by atoms with Crippen molar-refractivity contribution < 1.29 is 22.7 Å². The van der Waals surface area contributed by atoms with Gasteiger partial charge in [0, 0.05) is 34.5 Å². The molecule has 0 radical (unpaired) electrons. The summed E-state index contributed by atoms with van der Waals surface area (Å²) in [5.74, 6) is -0.459. The molecule has 11 heteroatoms. The maximum absolute atomic E-state index is 13.1. The molecule has 3 heterocycles. The van der Waals surface area contributed by atoms with Gasteiger partial charge in [0.05, 0.1) is 34.7 Å². The van der Waals surface area contributed by atoms with Crippen molar-refractivity contribution in [3.63, 3.8) is 0 Å². The fraction of sp³-hybridized carbons (Fsp3) is 0.0833. The second-order valence-corrected chi connectivity index (χ2v) is 10.6. The predicted octanol–water partition coefficient (Wildman–Crippen LogP) is 3.54. The largest absolute Gasteiger partial charge is 0.481 e. The Labute approximate surface area is 204 Å². The standard InChI is InChI=1S/C24H18N4O5S2/c1-33-21-9-7-15(11-25-21)24-27-13-16(34-24)12-26-22(29)14-6-8-20-18(10-14)28-23(30)17-4-2-3-5-19(17)35(20,31)32/h2-11,13H,12H2,1H3,(H,26,29)(H,28,30). The number of hydrogen-bond acceptors (Lipinski definition) is 8. The molecule has 0 unspecified atom stereocenters. The van der Waals surface area contributed by atoms with Crippen LogP contribution in [0.3, 0.4) is 0 Å². The number of methoxy groups -OCH3 is 1. The molecule has 2 aromatic carbocycles. The van der Waals surface area contributed by atoms with Crippen LogP contribution in [0.4, 0.5) is 5.69 Å². The molecule has 0 saturated heterocycles. The summed E-state index contributed by atoms with van der Waals surface area (Å²) in [6.07, 6.45) is 3.34. The van der Waals surface area contributed by atoms with Crippen LogP contribution in [-0.4, -0.2) is 37.3 Å². The van der Waals surface area contributed by atoms with Crippen molar-refractivity contribution in [2.24, 2.45) is 0 Å². The van der Waals surface area contributed by atoms with Gasteiger partial charge < -0.3 is 15.4 Å². The number of anilines is 1. The lowest BCUT2D eigenvalue weighted by Crippen LogP contribution is -2.22. The van der Waals surface area contributed by atoms with Crippen molar-refractivity contribution in [1.82, 2.24) is 15.3 Å². The van der Waals surface area contributed by atoms with Crippen molar-refractivity contribution in [3.05, 3.63) is 83.0 Å². The van der Waals surface area contributed by atoms with E-state index >= 15 is 0 Å². The summed E-state index contributed by atoms with van der Waals surface area (Å²) < 4.78 is 31.3. The van der Waals surface area contributed by atoms with Gasteiger partial charge in [-0.05, 0) is 36.4 Å². The van der Waals surface area contributed by atoms with Crippen LogP contribution in [0.2, 0.25) is 0 Å². The van der Waals surface area contributed by atoms with Crippen molar-refractivity contribution in [2.75, 3.05) is 12.4 Å². The third-order valence-electron chi connectivity index (χ3n) is 5.37. The summed E-state index contributed by atoms with van der Waals surface area (Å²) in [5, 5.41) is 6.17. The molecular weight excluding hydrogens is 488 g/mol. The molecule has 4 aromatic rings. The van der Waals surface area contributed by atoms with Gasteiger partial charge in [-0.25, -0.2) is 18.4 Å². The molecule has 2 amide bonds. The molecule has 0 aliphatic carbocycles. The highest BCUT2D eigenvalue weighted by molar-refractivity contribution is 7.91. The highest BCUT2D eigenvalue weighted by atomic mass is 32.2. The number of rotatable bonds is 5. The number of carbonyl (C=O) groups excluding carboxylic acids is 2. The molecule has 176 valence electrons. The Morgan fingerprint density at radius 2 is 1.89 bits per heavy atom. The van der Waals surface area contributed by atoms with E-state index in [1.165, 1.54) is 41.7 Å². The lowest BCUT2D eigenvalue weighted by atomic mass is 10.1. The van der Waals surface area contributed by atoms with Gasteiger partial charge in [0.1, 0.15) is 5.01 Å². The zero-order valence-corrected chi connectivity index (χ0v) is 19.9. The number of sulfone groups is 1. The minimum Gasteiger partial charge on any atom is -0.481 e. The summed E-state index contributed by atoms with van der Waals surface area (Å²) in [6, 6.07) is 13.7. The van der Waals surface area contributed by atoms with Crippen molar-refractivity contribution in [2.45, 2.75) is 16.3 Å². The Morgan fingerprint density at radius 1 is 1.06 bits per heavy atom. The van der Waals surface area contributed by atoms with E-state index in [1.807, 2.05) is 6.07 Å². The van der Waals surface area contributed by atoms with Crippen LogP contribution in [0, 0.1) is 0 Å². The van der Waals surface area contributed by atoms with E-state index in [1.54, 1.807) is 37.7 Å². The van der Waals surface area contributed by atoms with Gasteiger partial charge >= 0.3 is 0 Å². The lowest BCUT2D eigenvalue weighted by molar-refractivity contribution is 0.0949. The van der Waals surface area contributed by atoms with E-state index in [2.05, 4.69) is 20.6 Å². The number of hydrogen-bond donors (Lipinski definition) is 2. The first-order chi connectivity index (χ1) is 16.9. The van der Waals surface area contributed by atoms with E-state index in [-0.39, 0.29) is 33.2 Å². The summed E-state index contributed by atoms with van der Waals surface area (Å²) in [4.78, 5) is 34.6. The first kappa shape index (κ1) is 22.7. The molecule has 35 heavy (non-hydrogen) atoms. The number of aromatic nitrogens is 2. The Balaban J connectivity index is 1.33. The second-order valence-electron chi connectivity index (χ2n) is 7.57. The maximum atomic E-state index is 13.1. The van der Waals surface area contributed by atoms with Crippen LogP contribution in [-0.2, 0) is 16.4 Å². The lowest BCUT2D eigenvalue weighted by Gasteiger charge is -2.10. The zero-order chi connectivity index (χ0) is 24.6. The molecule has 0 spiro atoms. The zero-order valence-electron chi connectivity index (χ0n) is 18.3. The molecule has 0 fully saturated rings. The highest BCUT2D eigenvalue weighted by Gasteiger charge is 2.31. The molecule has 2 N–H and O–H groups in total. The Kier molecular flexibility index (Phi) is 5.79. The normalized spacial score (nSPS) is 13.7. The first-order valence-corrected chi connectivity index (χ1v) is 12.7. The number of benzene rings is 2. The second kappa shape index (κ2) is 8.93. The van der Waals surface area contributed by atoms with Gasteiger partial charge in [0.2, 0.25) is 15.7 Å². The fourth-order valence-corrected chi connectivity index (χ4v) is 6.05. The number of pyridine rings is 1. The minimum atomic E-state index is -3.93. The first-order valence-electron chi connectivity index (χ1n) is 10.4. The van der Waals surface area contributed by atoms with E-state index < -0.39 is 21.7 Å². The monoisotopic (exact) mass is 506 g/mol. The van der Waals surface area contributed by atoms with Crippen molar-refractivity contribution >= 4 is 38.7 Å². The van der Waals surface area contributed by atoms with Gasteiger partial charge in [-0.15, -0.1) is 11.3 Å². The van der Waals surface area contributed by atoms with Crippen LogP contribution < -0.4 is 15.4 Å². The molecule has 0 saturated carbocycles. The fourth-order valence-electron chi connectivity index (χ4n) is 3.62. The van der Waals surface area contributed by atoms with Crippen LogP contribution >= 0.6 is 11.3 Å². The van der Waals surface area contributed by atoms with Gasteiger partial charge in [-0.1, -0.05) is 12.1 Å². The Bertz CT molecular complexity index is 1560. The van der Waals surface area contributed by atoms with Gasteiger partial charge in [-0.2, -0.15) is 0 Å². The summed E-state index contributed by atoms with van der Waals surface area (Å²) >= 11 is 1.41. The third kappa shape index (κ3) is 4.27. The third-order valence-corrected chi connectivity index (χ3v) is 8.29. The quantitative estimate of drug-likeness (QED) is 0.424. The number of amides is 2. The summed E-state index contributed by atoms with van der Waals surface area (Å²) in [5.41, 5.74) is 1.17. The Morgan fingerprint density at radius 3 is 2.66 bits per heavy atom. The average molecular weight is 507 g/mol. The van der Waals surface area contributed by atoms with Crippen LogP contribution in [0.25, 0.3) is 10.6 Å². The SMILES string of the molecule is COc1ccc(-c2ncc(CNC(=O)c3ccc4c(c3)NC(=O)c3ccccc3S4(=O)=O)s2)cn1. The Hall–Kier alpha value is -4.09. The van der Waals surface area contributed by atoms with E-state index in [9.17, 15) is 18.0 Å². The molecule has 5 rings (SSSR count). The average Bonchev–Trinajstić information content (AvgIpc) is 3.33. The van der Waals surface area contributed by atoms with E-state index in [0.717, 1.165) is 15.4 Å². The van der Waals surface area contributed by atoms with Crippen LogP contribution in [0.15, 0.2) is 76.8 Å². The smallest absolute Gasteiger partial charge is 0.257 e. The topological polar surface area (TPSA) is 127 Å². The van der Waals surface area contributed by atoms with Crippen molar-refractivity contribution in [3.8, 4) is 16.5 Å². The minimum absolute atomic E-state index is 0.0581. The summed E-state index contributed by atoms with van der Waals surface area (Å²) in [6.45, 7) is 0.229. The van der Waals surface area contributed by atoms with E-state index in [4.69, 9.17) is 4.74 Å². The van der Waals surface area contributed by atoms with Crippen LogP contribution in [0.5, 0.6) is 5.88 Å². The molecule has 2 aromatic heterocycles. The van der Waals surface area contributed by atoms with E-state index in [0.29, 0.717) is 5.88 Å². The molecule has 0 bridgehead atoms. The number of carbonyl (C=O) groups is 2. The maximum Gasteiger partial charge on any atom is 0.257 e.